The summed E-state index contributed by atoms with van der Waals surface area (Å²) in [7, 11) is 0. The number of nitrogens with one attached hydrogen (secondary N) is 1. The van der Waals surface area contributed by atoms with Crippen molar-refractivity contribution in [2.24, 2.45) is 0 Å². The van der Waals surface area contributed by atoms with E-state index in [-0.39, 0.29) is 18.5 Å². The smallest absolute Gasteiger partial charge is 0.305 e. The lowest BCUT2D eigenvalue weighted by Gasteiger charge is -2.22. The zero-order valence-electron chi connectivity index (χ0n) is 45.0. The van der Waals surface area contributed by atoms with Gasteiger partial charge in [-0.05, 0) is 25.7 Å². The summed E-state index contributed by atoms with van der Waals surface area (Å²) in [4.78, 5) is 24.5. The molecule has 2 unspecified atom stereocenters. The molecule has 0 aliphatic carbocycles. The third-order valence-corrected chi connectivity index (χ3v) is 14.4. The largest absolute Gasteiger partial charge is 0.466 e. The molecule has 0 aliphatic heterocycles. The van der Waals surface area contributed by atoms with Gasteiger partial charge in [-0.25, -0.2) is 0 Å². The van der Waals surface area contributed by atoms with E-state index in [1.54, 1.807) is 0 Å². The highest BCUT2D eigenvalue weighted by Crippen LogP contribution is 2.18. The molecule has 0 rings (SSSR count). The molecule has 0 spiro atoms. The fraction of sp³-hybridized carbons (Fsp3) is 0.967. The molecule has 0 fully saturated rings. The molecule has 66 heavy (non-hydrogen) atoms. The number of ether oxygens (including phenoxy) is 1. The van der Waals surface area contributed by atoms with Crippen LogP contribution in [0.1, 0.15) is 348 Å². The summed E-state index contributed by atoms with van der Waals surface area (Å²) in [5.74, 6) is -0.0136. The highest BCUT2D eigenvalue weighted by molar-refractivity contribution is 5.76. The summed E-state index contributed by atoms with van der Waals surface area (Å²) < 4.78 is 5.48. The second-order valence-corrected chi connectivity index (χ2v) is 21.1. The van der Waals surface area contributed by atoms with Crippen LogP contribution >= 0.6 is 0 Å². The van der Waals surface area contributed by atoms with Gasteiger partial charge in [-0.2, -0.15) is 0 Å². The average Bonchev–Trinajstić information content (AvgIpc) is 3.32. The van der Waals surface area contributed by atoms with Crippen molar-refractivity contribution in [2.75, 3.05) is 13.2 Å². The Morgan fingerprint density at radius 3 is 0.924 bits per heavy atom. The molecule has 0 heterocycles. The van der Waals surface area contributed by atoms with Crippen LogP contribution in [0, 0.1) is 0 Å². The summed E-state index contributed by atoms with van der Waals surface area (Å²) in [6.07, 6.45) is 65.4. The van der Waals surface area contributed by atoms with Crippen LogP contribution < -0.4 is 5.32 Å². The molecule has 3 N–H and O–H groups in total. The molecule has 2 atom stereocenters. The number of aliphatic hydroxyl groups excluding tert-OH is 2. The van der Waals surface area contributed by atoms with Gasteiger partial charge in [0.2, 0.25) is 5.91 Å². The zero-order chi connectivity index (χ0) is 47.9. The summed E-state index contributed by atoms with van der Waals surface area (Å²) in [5, 5.41) is 23.2. The Labute approximate surface area is 413 Å². The van der Waals surface area contributed by atoms with Crippen molar-refractivity contribution in [3.63, 3.8) is 0 Å². The summed E-state index contributed by atoms with van der Waals surface area (Å²) in [6.45, 7) is 4.97. The number of unbranched alkanes of at least 4 members (excludes halogenated alkanes) is 46. The molecule has 0 aromatic rings. The molecule has 1 amide bonds. The van der Waals surface area contributed by atoms with Gasteiger partial charge in [0.25, 0.3) is 0 Å². The van der Waals surface area contributed by atoms with E-state index in [9.17, 15) is 19.8 Å². The summed E-state index contributed by atoms with van der Waals surface area (Å²) in [5.41, 5.74) is 0. The van der Waals surface area contributed by atoms with Crippen LogP contribution in [0.4, 0.5) is 0 Å². The van der Waals surface area contributed by atoms with Crippen LogP contribution in [0.5, 0.6) is 0 Å². The number of carbonyl (C=O) groups is 2. The first-order valence-corrected chi connectivity index (χ1v) is 30.3. The van der Waals surface area contributed by atoms with Crippen LogP contribution in [-0.2, 0) is 14.3 Å². The molecule has 394 valence electrons. The molecule has 0 bridgehead atoms. The minimum absolute atomic E-state index is 0.0186. The maximum atomic E-state index is 12.4. The second kappa shape index (κ2) is 56.4. The standard InChI is InChI=1S/C60H119NO5/c1-3-5-7-9-11-13-15-29-34-38-42-46-50-54-60(65)66-55-51-47-43-39-35-31-28-26-24-22-20-18-16-17-19-21-23-25-27-30-33-37-41-45-49-53-59(64)61-57(56-62)58(63)52-48-44-40-36-32-14-12-10-8-6-4-2/h57-58,62-63H,3-56H2,1-2H3,(H,61,64). The van der Waals surface area contributed by atoms with E-state index < -0.39 is 12.1 Å². The number of hydrogen-bond donors (Lipinski definition) is 3. The predicted octanol–water partition coefficient (Wildman–Crippen LogP) is 18.7. The van der Waals surface area contributed by atoms with Gasteiger partial charge in [0.05, 0.1) is 25.4 Å². The minimum atomic E-state index is -0.660. The van der Waals surface area contributed by atoms with Crippen LogP contribution in [0.15, 0.2) is 0 Å². The lowest BCUT2D eigenvalue weighted by Crippen LogP contribution is -2.45. The van der Waals surface area contributed by atoms with Crippen molar-refractivity contribution in [1.29, 1.82) is 0 Å². The molecule has 0 aromatic heterocycles. The highest BCUT2D eigenvalue weighted by atomic mass is 16.5. The van der Waals surface area contributed by atoms with E-state index in [2.05, 4.69) is 19.2 Å². The monoisotopic (exact) mass is 934 g/mol. The van der Waals surface area contributed by atoms with Crippen molar-refractivity contribution >= 4 is 11.9 Å². The molecular formula is C60H119NO5. The lowest BCUT2D eigenvalue weighted by molar-refractivity contribution is -0.143. The molecule has 0 saturated carbocycles. The fourth-order valence-electron chi connectivity index (χ4n) is 9.76. The van der Waals surface area contributed by atoms with Gasteiger partial charge in [0, 0.05) is 12.8 Å². The molecule has 0 aromatic carbocycles. The number of esters is 1. The van der Waals surface area contributed by atoms with Gasteiger partial charge in [0.15, 0.2) is 0 Å². The maximum Gasteiger partial charge on any atom is 0.305 e. The summed E-state index contributed by atoms with van der Waals surface area (Å²) in [6, 6.07) is -0.537. The number of hydrogen-bond acceptors (Lipinski definition) is 5. The third kappa shape index (κ3) is 52.2. The van der Waals surface area contributed by atoms with Crippen molar-refractivity contribution < 1.29 is 24.5 Å². The molecule has 6 nitrogen and oxygen atoms in total. The first-order valence-electron chi connectivity index (χ1n) is 30.3. The highest BCUT2D eigenvalue weighted by Gasteiger charge is 2.20. The van der Waals surface area contributed by atoms with Gasteiger partial charge >= 0.3 is 5.97 Å². The second-order valence-electron chi connectivity index (χ2n) is 21.1. The van der Waals surface area contributed by atoms with Crippen LogP contribution in [0.2, 0.25) is 0 Å². The maximum absolute atomic E-state index is 12.4. The fourth-order valence-corrected chi connectivity index (χ4v) is 9.76. The van der Waals surface area contributed by atoms with Gasteiger partial charge in [-0.3, -0.25) is 9.59 Å². The Hall–Kier alpha value is -1.14. The van der Waals surface area contributed by atoms with Crippen molar-refractivity contribution in [3.05, 3.63) is 0 Å². The predicted molar refractivity (Wildman–Crippen MR) is 287 cm³/mol. The quantitative estimate of drug-likeness (QED) is 0.0417. The Morgan fingerprint density at radius 2 is 0.621 bits per heavy atom. The normalized spacial score (nSPS) is 12.5. The Bertz CT molecular complexity index is 944. The third-order valence-electron chi connectivity index (χ3n) is 14.4. The van der Waals surface area contributed by atoms with Gasteiger partial charge in [-0.1, -0.05) is 309 Å². The van der Waals surface area contributed by atoms with Crippen LogP contribution in [0.25, 0.3) is 0 Å². The SMILES string of the molecule is CCCCCCCCCCCCCCCC(=O)OCCCCCCCCCCCCCCCCCCCCCCCCCCCC(=O)NC(CO)C(O)CCCCCCCCCCCCC. The zero-order valence-corrected chi connectivity index (χ0v) is 45.0. The molecule has 6 heteroatoms. The lowest BCUT2D eigenvalue weighted by atomic mass is 10.0. The number of aliphatic hydroxyl groups is 2. The first kappa shape index (κ1) is 64.9. The molecule has 0 aliphatic rings. The minimum Gasteiger partial charge on any atom is -0.466 e. The van der Waals surface area contributed by atoms with E-state index in [1.165, 1.54) is 276 Å². The van der Waals surface area contributed by atoms with E-state index in [0.717, 1.165) is 38.5 Å². The number of rotatable bonds is 57. The number of amides is 1. The van der Waals surface area contributed by atoms with E-state index in [4.69, 9.17) is 4.74 Å². The molecular weight excluding hydrogens is 815 g/mol. The van der Waals surface area contributed by atoms with Crippen LogP contribution in [-0.4, -0.2) is 47.4 Å². The van der Waals surface area contributed by atoms with Gasteiger partial charge in [-0.15, -0.1) is 0 Å². The van der Waals surface area contributed by atoms with E-state index in [0.29, 0.717) is 25.9 Å². The number of carbonyl (C=O) groups excluding carboxylic acids is 2. The first-order chi connectivity index (χ1) is 32.5. The topological polar surface area (TPSA) is 95.9 Å². The van der Waals surface area contributed by atoms with Crippen molar-refractivity contribution in [1.82, 2.24) is 5.32 Å². The average molecular weight is 935 g/mol. The molecule has 0 saturated heterocycles. The Morgan fingerprint density at radius 1 is 0.364 bits per heavy atom. The van der Waals surface area contributed by atoms with Crippen molar-refractivity contribution in [2.45, 2.75) is 360 Å². The van der Waals surface area contributed by atoms with Gasteiger partial charge < -0.3 is 20.3 Å². The molecule has 0 radical (unpaired) electrons. The Balaban J connectivity index is 3.32. The van der Waals surface area contributed by atoms with Crippen molar-refractivity contribution in [3.8, 4) is 0 Å². The van der Waals surface area contributed by atoms with E-state index >= 15 is 0 Å². The van der Waals surface area contributed by atoms with Gasteiger partial charge in [0.1, 0.15) is 0 Å². The van der Waals surface area contributed by atoms with Crippen LogP contribution in [0.3, 0.4) is 0 Å². The Kier molecular flexibility index (Phi) is 55.5. The summed E-state index contributed by atoms with van der Waals surface area (Å²) >= 11 is 0. The van der Waals surface area contributed by atoms with E-state index in [1.807, 2.05) is 0 Å².